The van der Waals surface area contributed by atoms with Gasteiger partial charge in [-0.2, -0.15) is 0 Å². The van der Waals surface area contributed by atoms with Gasteiger partial charge in [-0.1, -0.05) is 42.5 Å². The Balaban J connectivity index is 1.49. The minimum atomic E-state index is -0.600. The van der Waals surface area contributed by atoms with E-state index in [0.717, 1.165) is 38.2 Å². The van der Waals surface area contributed by atoms with Gasteiger partial charge in [0.2, 0.25) is 0 Å². The summed E-state index contributed by atoms with van der Waals surface area (Å²) in [4.78, 5) is 2.43. The van der Waals surface area contributed by atoms with Crippen LogP contribution < -0.4 is 5.32 Å². The van der Waals surface area contributed by atoms with Crippen molar-refractivity contribution in [2.45, 2.75) is 31.9 Å². The first-order valence-corrected chi connectivity index (χ1v) is 8.42. The summed E-state index contributed by atoms with van der Waals surface area (Å²) < 4.78 is 0. The lowest BCUT2D eigenvalue weighted by molar-refractivity contribution is -0.0120. The van der Waals surface area contributed by atoms with Gasteiger partial charge >= 0.3 is 0 Å². The van der Waals surface area contributed by atoms with Crippen LogP contribution in [0, 0.1) is 6.92 Å². The van der Waals surface area contributed by atoms with Crippen LogP contribution in [0.15, 0.2) is 54.6 Å². The highest BCUT2D eigenvalue weighted by Crippen LogP contribution is 2.24. The molecule has 0 radical (unpaired) electrons. The molecule has 122 valence electrons. The first-order valence-electron chi connectivity index (χ1n) is 8.42. The van der Waals surface area contributed by atoms with Gasteiger partial charge in [0.1, 0.15) is 0 Å². The number of aliphatic hydroxyl groups is 1. The molecule has 2 aromatic carbocycles. The van der Waals surface area contributed by atoms with Crippen molar-refractivity contribution in [3.8, 4) is 0 Å². The maximum Gasteiger partial charge on any atom is 0.0843 e. The van der Waals surface area contributed by atoms with Crippen molar-refractivity contribution in [2.75, 3.05) is 25.0 Å². The van der Waals surface area contributed by atoms with E-state index in [-0.39, 0.29) is 0 Å². The summed E-state index contributed by atoms with van der Waals surface area (Å²) in [5.41, 5.74) is 3.07. The quantitative estimate of drug-likeness (QED) is 0.888. The van der Waals surface area contributed by atoms with Crippen molar-refractivity contribution in [1.82, 2.24) is 4.90 Å². The molecule has 2 N–H and O–H groups in total. The van der Waals surface area contributed by atoms with Crippen molar-refractivity contribution in [1.29, 1.82) is 0 Å². The number of anilines is 1. The van der Waals surface area contributed by atoms with E-state index in [9.17, 15) is 5.11 Å². The Morgan fingerprint density at radius 2 is 1.78 bits per heavy atom. The van der Waals surface area contributed by atoms with Crippen LogP contribution in [0.1, 0.15) is 24.0 Å². The van der Waals surface area contributed by atoms with Crippen molar-refractivity contribution < 1.29 is 5.11 Å². The van der Waals surface area contributed by atoms with Gasteiger partial charge in [-0.3, -0.25) is 4.90 Å². The summed E-state index contributed by atoms with van der Waals surface area (Å²) in [6, 6.07) is 18.9. The molecule has 1 saturated heterocycles. The molecule has 0 spiro atoms. The van der Waals surface area contributed by atoms with Crippen molar-refractivity contribution in [3.05, 3.63) is 65.7 Å². The molecule has 0 atom stereocenters. The molecule has 0 bridgehead atoms. The molecular weight excluding hydrogens is 284 g/mol. The average Bonchev–Trinajstić information content (AvgIpc) is 2.57. The fourth-order valence-electron chi connectivity index (χ4n) is 3.17. The number of nitrogens with zero attached hydrogens (tertiary/aromatic N) is 1. The van der Waals surface area contributed by atoms with Crippen molar-refractivity contribution in [3.63, 3.8) is 0 Å². The van der Waals surface area contributed by atoms with Gasteiger partial charge in [-0.25, -0.2) is 0 Å². The summed E-state index contributed by atoms with van der Waals surface area (Å²) in [6.07, 6.45) is 1.64. The van der Waals surface area contributed by atoms with Crippen LogP contribution in [0.25, 0.3) is 0 Å². The zero-order valence-electron chi connectivity index (χ0n) is 13.8. The maximum atomic E-state index is 10.8. The second-order valence-corrected chi connectivity index (χ2v) is 6.71. The van der Waals surface area contributed by atoms with E-state index >= 15 is 0 Å². The lowest BCUT2D eigenvalue weighted by atomic mass is 9.91. The smallest absolute Gasteiger partial charge is 0.0843 e. The van der Waals surface area contributed by atoms with E-state index in [2.05, 4.69) is 65.7 Å². The van der Waals surface area contributed by atoms with Crippen LogP contribution >= 0.6 is 0 Å². The third-order valence-electron chi connectivity index (χ3n) is 4.68. The number of hydrogen-bond donors (Lipinski definition) is 2. The number of rotatable bonds is 5. The first kappa shape index (κ1) is 16.0. The third kappa shape index (κ3) is 4.57. The zero-order valence-corrected chi connectivity index (χ0v) is 13.8. The molecule has 0 saturated carbocycles. The highest BCUT2D eigenvalue weighted by Gasteiger charge is 2.31. The molecule has 1 aliphatic rings. The highest BCUT2D eigenvalue weighted by atomic mass is 16.3. The molecule has 0 unspecified atom stereocenters. The summed E-state index contributed by atoms with van der Waals surface area (Å²) >= 11 is 0. The number of likely N-dealkylation sites (tertiary alicyclic amines) is 1. The SMILES string of the molecule is Cc1cccc(NCC2(O)CCN(Cc3ccccc3)CC2)c1. The topological polar surface area (TPSA) is 35.5 Å². The fraction of sp³-hybridized carbons (Fsp3) is 0.400. The van der Waals surface area contributed by atoms with E-state index in [1.807, 2.05) is 6.07 Å². The van der Waals surface area contributed by atoms with Crippen LogP contribution in [0.2, 0.25) is 0 Å². The van der Waals surface area contributed by atoms with Crippen LogP contribution in [0.3, 0.4) is 0 Å². The van der Waals surface area contributed by atoms with E-state index in [1.165, 1.54) is 11.1 Å². The Kier molecular flexibility index (Phi) is 4.99. The molecule has 23 heavy (non-hydrogen) atoms. The zero-order chi connectivity index (χ0) is 16.1. The minimum Gasteiger partial charge on any atom is -0.388 e. The molecule has 0 aromatic heterocycles. The second-order valence-electron chi connectivity index (χ2n) is 6.71. The summed E-state index contributed by atoms with van der Waals surface area (Å²) in [5.74, 6) is 0. The highest BCUT2D eigenvalue weighted by molar-refractivity contribution is 5.45. The fourth-order valence-corrected chi connectivity index (χ4v) is 3.17. The molecule has 3 nitrogen and oxygen atoms in total. The van der Waals surface area contributed by atoms with Crippen LogP contribution in [0.5, 0.6) is 0 Å². The predicted octanol–water partition coefficient (Wildman–Crippen LogP) is 3.43. The Bertz CT molecular complexity index is 619. The van der Waals surface area contributed by atoms with Gasteiger partial charge in [0.05, 0.1) is 5.60 Å². The maximum absolute atomic E-state index is 10.8. The molecule has 1 heterocycles. The summed E-state index contributed by atoms with van der Waals surface area (Å²) in [6.45, 7) is 5.57. The molecule has 3 rings (SSSR count). The van der Waals surface area contributed by atoms with Crippen molar-refractivity contribution >= 4 is 5.69 Å². The van der Waals surface area contributed by atoms with Gasteiger partial charge in [-0.15, -0.1) is 0 Å². The van der Waals surface area contributed by atoms with Crippen LogP contribution in [-0.2, 0) is 6.54 Å². The van der Waals surface area contributed by atoms with E-state index < -0.39 is 5.60 Å². The Morgan fingerprint density at radius 1 is 1.04 bits per heavy atom. The first-order chi connectivity index (χ1) is 11.1. The van der Waals surface area contributed by atoms with Gasteiger partial charge in [-0.05, 0) is 43.0 Å². The van der Waals surface area contributed by atoms with E-state index in [1.54, 1.807) is 0 Å². The van der Waals surface area contributed by atoms with Crippen LogP contribution in [-0.4, -0.2) is 35.2 Å². The number of hydrogen-bond acceptors (Lipinski definition) is 3. The number of aryl methyl sites for hydroxylation is 1. The lowest BCUT2D eigenvalue weighted by Crippen LogP contribution is -2.47. The molecule has 1 fully saturated rings. The normalized spacial score (nSPS) is 17.8. The molecule has 1 aliphatic heterocycles. The van der Waals surface area contributed by atoms with E-state index in [4.69, 9.17) is 0 Å². The number of nitrogens with one attached hydrogen (secondary N) is 1. The predicted molar refractivity (Wildman–Crippen MR) is 95.6 cm³/mol. The van der Waals surface area contributed by atoms with Gasteiger partial charge < -0.3 is 10.4 Å². The van der Waals surface area contributed by atoms with Gasteiger partial charge in [0.25, 0.3) is 0 Å². The second kappa shape index (κ2) is 7.16. The number of piperidine rings is 1. The third-order valence-corrected chi connectivity index (χ3v) is 4.68. The Labute approximate surface area is 139 Å². The lowest BCUT2D eigenvalue weighted by Gasteiger charge is -2.38. The summed E-state index contributed by atoms with van der Waals surface area (Å²) in [7, 11) is 0. The van der Waals surface area contributed by atoms with Crippen molar-refractivity contribution in [2.24, 2.45) is 0 Å². The largest absolute Gasteiger partial charge is 0.388 e. The minimum absolute atomic E-state index is 0.600. The molecular formula is C20H26N2O. The van der Waals surface area contributed by atoms with Gasteiger partial charge in [0.15, 0.2) is 0 Å². The van der Waals surface area contributed by atoms with E-state index in [0.29, 0.717) is 6.54 Å². The molecule has 2 aromatic rings. The van der Waals surface area contributed by atoms with Gasteiger partial charge in [0, 0.05) is 31.9 Å². The summed E-state index contributed by atoms with van der Waals surface area (Å²) in [5, 5.41) is 14.2. The Hall–Kier alpha value is -1.84. The molecule has 0 aliphatic carbocycles. The molecule has 0 amide bonds. The average molecular weight is 310 g/mol. The molecule has 3 heteroatoms. The number of benzene rings is 2. The monoisotopic (exact) mass is 310 g/mol. The Morgan fingerprint density at radius 3 is 2.48 bits per heavy atom. The standard InChI is InChI=1S/C20H26N2O/c1-17-6-5-9-19(14-17)21-16-20(23)10-12-22(13-11-20)15-18-7-3-2-4-8-18/h2-9,14,21,23H,10-13,15-16H2,1H3. The van der Waals surface area contributed by atoms with Crippen LogP contribution in [0.4, 0.5) is 5.69 Å².